The van der Waals surface area contributed by atoms with Crippen LogP contribution >= 0.6 is 0 Å². The Morgan fingerprint density at radius 2 is 1.90 bits per heavy atom. The maximum Gasteiger partial charge on any atom is 0.333 e. The van der Waals surface area contributed by atoms with Crippen molar-refractivity contribution >= 4 is 18.0 Å². The summed E-state index contributed by atoms with van der Waals surface area (Å²) in [5.41, 5.74) is 6.84. The van der Waals surface area contributed by atoms with Crippen LogP contribution in [0.4, 0.5) is 0 Å². The summed E-state index contributed by atoms with van der Waals surface area (Å²) in [6.45, 7) is 0.668. The number of ether oxygens (including phenoxy) is 1. The Morgan fingerprint density at radius 1 is 1.10 bits per heavy atom. The number of carbonyl (C=O) groups is 1. The maximum atomic E-state index is 12.8. The predicted octanol–water partition coefficient (Wildman–Crippen LogP) is 5.06. The van der Waals surface area contributed by atoms with Gasteiger partial charge in [-0.15, -0.1) is 0 Å². The number of hydrogen-bond donors (Lipinski definition) is 2. The van der Waals surface area contributed by atoms with Gasteiger partial charge in [-0.3, -0.25) is 4.98 Å². The molecule has 0 aliphatic carbocycles. The van der Waals surface area contributed by atoms with Gasteiger partial charge in [-0.1, -0.05) is 66.7 Å². The summed E-state index contributed by atoms with van der Waals surface area (Å²) in [5.74, 6) is 0.149. The third kappa shape index (κ3) is 6.64. The van der Waals surface area contributed by atoms with Crippen molar-refractivity contribution in [2.24, 2.45) is 11.7 Å². The van der Waals surface area contributed by atoms with E-state index in [1.807, 2.05) is 60.6 Å². The first-order valence-corrected chi connectivity index (χ1v) is 12.5. The number of carboxylic acids is 1. The molecule has 0 radical (unpaired) electrons. The quantitative estimate of drug-likeness (QED) is 0.184. The highest BCUT2D eigenvalue weighted by Gasteiger charge is 2.46. The molecule has 0 amide bonds. The molecular formula is C31H29N3O5. The summed E-state index contributed by atoms with van der Waals surface area (Å²) in [4.78, 5) is 33.6. The molecule has 0 bridgehead atoms. The average molecular weight is 524 g/mol. The summed E-state index contributed by atoms with van der Waals surface area (Å²) in [6.07, 6.45) is 10.7. The Hall–Kier alpha value is -4.62. The number of benzene rings is 2. The second kappa shape index (κ2) is 13.3. The minimum Gasteiger partial charge on any atom is -0.479 e. The van der Waals surface area contributed by atoms with E-state index in [0.717, 1.165) is 11.1 Å². The van der Waals surface area contributed by atoms with E-state index in [1.165, 1.54) is 12.5 Å². The zero-order chi connectivity index (χ0) is 27.5. The third-order valence-electron chi connectivity index (χ3n) is 6.43. The summed E-state index contributed by atoms with van der Waals surface area (Å²) < 4.78 is 11.3. The third-order valence-corrected chi connectivity index (χ3v) is 6.43. The highest BCUT2D eigenvalue weighted by Crippen LogP contribution is 2.39. The lowest BCUT2D eigenvalue weighted by Crippen LogP contribution is -2.49. The van der Waals surface area contributed by atoms with Crippen molar-refractivity contribution in [3.05, 3.63) is 120 Å². The van der Waals surface area contributed by atoms with Gasteiger partial charge in [0.1, 0.15) is 12.2 Å². The van der Waals surface area contributed by atoms with Crippen molar-refractivity contribution in [1.82, 2.24) is 9.97 Å². The van der Waals surface area contributed by atoms with E-state index in [9.17, 15) is 14.7 Å². The largest absolute Gasteiger partial charge is 0.479 e. The van der Waals surface area contributed by atoms with Crippen molar-refractivity contribution in [3.63, 3.8) is 0 Å². The lowest BCUT2D eigenvalue weighted by atomic mass is 9.74. The Balaban J connectivity index is 1.65. The van der Waals surface area contributed by atoms with E-state index in [4.69, 9.17) is 14.9 Å². The lowest BCUT2D eigenvalue weighted by Gasteiger charge is -2.32. The SMILES string of the molecule is NC(C(=O)O)(C(=C=O)C(CC=Cc1cccnc1)CCOCc1ccccc1)c1ccccc1-c1ncco1. The Labute approximate surface area is 226 Å². The molecule has 2 unspecified atom stereocenters. The molecule has 2 heterocycles. The molecule has 0 aliphatic heterocycles. The zero-order valence-electron chi connectivity index (χ0n) is 21.3. The van der Waals surface area contributed by atoms with Crippen molar-refractivity contribution < 1.29 is 23.8 Å². The Morgan fingerprint density at radius 3 is 2.59 bits per heavy atom. The molecular weight excluding hydrogens is 494 g/mol. The highest BCUT2D eigenvalue weighted by molar-refractivity contribution is 5.90. The summed E-state index contributed by atoms with van der Waals surface area (Å²) in [6, 6.07) is 20.0. The standard InChI is InChI=1S/C31H29N3O5/c32-31(30(36)37,27-14-5-4-13-26(27)29-34-17-19-39-29)28(21-35)25(12-6-10-23-11-7-16-33-20-23)15-18-38-22-24-8-2-1-3-9-24/h1-11,13-14,16-17,19-20,25H,12,15,18,22,32H2,(H,36,37). The molecule has 0 saturated heterocycles. The van der Waals surface area contributed by atoms with Crippen LogP contribution < -0.4 is 5.73 Å². The number of pyridine rings is 1. The van der Waals surface area contributed by atoms with Gasteiger partial charge >= 0.3 is 5.97 Å². The number of nitrogens with two attached hydrogens (primary N) is 1. The van der Waals surface area contributed by atoms with Crippen LogP contribution in [0.2, 0.25) is 0 Å². The van der Waals surface area contributed by atoms with Crippen molar-refractivity contribution in [1.29, 1.82) is 0 Å². The fourth-order valence-electron chi connectivity index (χ4n) is 4.44. The van der Waals surface area contributed by atoms with E-state index in [-0.39, 0.29) is 23.6 Å². The Bertz CT molecular complexity index is 1430. The van der Waals surface area contributed by atoms with E-state index in [1.54, 1.807) is 36.7 Å². The maximum absolute atomic E-state index is 12.8. The molecule has 2 aromatic heterocycles. The van der Waals surface area contributed by atoms with Crippen molar-refractivity contribution in [3.8, 4) is 11.5 Å². The molecule has 4 rings (SSSR count). The Kier molecular flexibility index (Phi) is 9.32. The number of rotatable bonds is 13. The monoisotopic (exact) mass is 523 g/mol. The summed E-state index contributed by atoms with van der Waals surface area (Å²) >= 11 is 0. The molecule has 0 saturated carbocycles. The molecule has 8 nitrogen and oxygen atoms in total. The number of aromatic nitrogens is 2. The first-order valence-electron chi connectivity index (χ1n) is 12.5. The van der Waals surface area contributed by atoms with E-state index >= 15 is 0 Å². The van der Waals surface area contributed by atoms with Crippen LogP contribution in [0.15, 0.2) is 108 Å². The van der Waals surface area contributed by atoms with Gasteiger partial charge in [0.05, 0.1) is 18.4 Å². The fourth-order valence-corrected chi connectivity index (χ4v) is 4.44. The molecule has 0 fully saturated rings. The number of nitrogens with zero attached hydrogens (tertiary/aromatic N) is 2. The molecule has 0 spiro atoms. The molecule has 2 atom stereocenters. The number of carboxylic acid groups (broad SMARTS) is 1. The number of carbonyl (C=O) groups excluding carboxylic acids is 1. The van der Waals surface area contributed by atoms with Gasteiger partial charge < -0.3 is 20.0 Å². The van der Waals surface area contributed by atoms with Gasteiger partial charge in [0.2, 0.25) is 5.89 Å². The number of allylic oxidation sites excluding steroid dienone is 1. The van der Waals surface area contributed by atoms with Gasteiger partial charge in [-0.2, -0.15) is 0 Å². The minimum atomic E-state index is -2.18. The topological polar surface area (TPSA) is 129 Å². The number of oxazole rings is 1. The highest BCUT2D eigenvalue weighted by atomic mass is 16.5. The zero-order valence-corrected chi connectivity index (χ0v) is 21.3. The van der Waals surface area contributed by atoms with Crippen molar-refractivity contribution in [2.45, 2.75) is 25.0 Å². The van der Waals surface area contributed by atoms with Gasteiger partial charge in [0, 0.05) is 30.1 Å². The van der Waals surface area contributed by atoms with E-state index in [2.05, 4.69) is 9.97 Å². The van der Waals surface area contributed by atoms with Crippen LogP contribution in [-0.4, -0.2) is 33.6 Å². The van der Waals surface area contributed by atoms with Gasteiger partial charge in [-0.05, 0) is 42.0 Å². The average Bonchev–Trinajstić information content (AvgIpc) is 3.51. The van der Waals surface area contributed by atoms with Crippen LogP contribution in [0.25, 0.3) is 17.5 Å². The molecule has 4 aromatic rings. The smallest absolute Gasteiger partial charge is 0.333 e. The molecule has 8 heteroatoms. The first kappa shape index (κ1) is 27.4. The molecule has 39 heavy (non-hydrogen) atoms. The second-order valence-electron chi connectivity index (χ2n) is 8.96. The number of hydrogen-bond acceptors (Lipinski definition) is 7. The van der Waals surface area contributed by atoms with Crippen molar-refractivity contribution in [2.75, 3.05) is 6.61 Å². The summed E-state index contributed by atoms with van der Waals surface area (Å²) in [5, 5.41) is 10.4. The van der Waals surface area contributed by atoms with Crippen LogP contribution in [-0.2, 0) is 26.5 Å². The van der Waals surface area contributed by atoms with Crippen LogP contribution in [0.5, 0.6) is 0 Å². The fraction of sp³-hybridized carbons (Fsp3) is 0.194. The first-order chi connectivity index (χ1) is 19.0. The molecule has 198 valence electrons. The second-order valence-corrected chi connectivity index (χ2v) is 8.96. The van der Waals surface area contributed by atoms with Crippen LogP contribution in [0.3, 0.4) is 0 Å². The van der Waals surface area contributed by atoms with Crippen LogP contribution in [0.1, 0.15) is 29.5 Å². The van der Waals surface area contributed by atoms with Crippen LogP contribution in [0, 0.1) is 5.92 Å². The normalized spacial score (nSPS) is 13.5. The van der Waals surface area contributed by atoms with Gasteiger partial charge in [-0.25, -0.2) is 14.6 Å². The summed E-state index contributed by atoms with van der Waals surface area (Å²) in [7, 11) is 0. The number of aliphatic carboxylic acids is 1. The molecule has 2 aromatic carbocycles. The van der Waals surface area contributed by atoms with E-state index in [0.29, 0.717) is 25.0 Å². The van der Waals surface area contributed by atoms with Gasteiger partial charge in [0.15, 0.2) is 5.54 Å². The lowest BCUT2D eigenvalue weighted by molar-refractivity contribution is -0.142. The molecule has 3 N–H and O–H groups in total. The molecule has 0 aliphatic rings. The minimum absolute atomic E-state index is 0.0897. The predicted molar refractivity (Wildman–Crippen MR) is 147 cm³/mol. The van der Waals surface area contributed by atoms with E-state index < -0.39 is 17.4 Å². The van der Waals surface area contributed by atoms with Gasteiger partial charge in [0.25, 0.3) is 0 Å².